The van der Waals surface area contributed by atoms with E-state index in [1.54, 1.807) is 7.11 Å². The lowest BCUT2D eigenvalue weighted by atomic mass is 9.98. The Hall–Kier alpha value is -1.06. The molecule has 2 atom stereocenters. The number of nitrogens with one attached hydrogen (secondary N) is 1. The molecular weight excluding hydrogens is 248 g/mol. The topological polar surface area (TPSA) is 24.5 Å². The van der Waals surface area contributed by atoms with Crippen molar-refractivity contribution in [1.82, 2.24) is 5.32 Å². The molecule has 0 aromatic heterocycles. The molecule has 1 fully saturated rings. The third-order valence-electron chi connectivity index (χ3n) is 4.34. The molecule has 0 spiro atoms. The van der Waals surface area contributed by atoms with E-state index in [1.165, 1.54) is 30.6 Å². The molecule has 2 unspecified atom stereocenters. The SMILES string of the molecule is CCC(NC)c1ccc(N2CCCC(COC)C2)cc1. The first-order chi connectivity index (χ1) is 9.78. The van der Waals surface area contributed by atoms with E-state index in [9.17, 15) is 0 Å². The summed E-state index contributed by atoms with van der Waals surface area (Å²) < 4.78 is 5.31. The molecule has 0 amide bonds. The van der Waals surface area contributed by atoms with Crippen molar-refractivity contribution in [1.29, 1.82) is 0 Å². The van der Waals surface area contributed by atoms with E-state index in [2.05, 4.69) is 41.4 Å². The molecular formula is C17H28N2O. The van der Waals surface area contributed by atoms with Gasteiger partial charge in [0.05, 0.1) is 6.61 Å². The predicted molar refractivity (Wildman–Crippen MR) is 85.3 cm³/mol. The Morgan fingerprint density at radius 3 is 2.70 bits per heavy atom. The van der Waals surface area contributed by atoms with E-state index in [4.69, 9.17) is 4.74 Å². The van der Waals surface area contributed by atoms with E-state index in [1.807, 2.05) is 7.05 Å². The van der Waals surface area contributed by atoms with Gasteiger partial charge in [-0.1, -0.05) is 19.1 Å². The number of hydrogen-bond donors (Lipinski definition) is 1. The first-order valence-electron chi connectivity index (χ1n) is 7.79. The Balaban J connectivity index is 2.02. The summed E-state index contributed by atoms with van der Waals surface area (Å²) in [4.78, 5) is 2.50. The summed E-state index contributed by atoms with van der Waals surface area (Å²) in [6, 6.07) is 9.53. The van der Waals surface area contributed by atoms with Gasteiger partial charge in [-0.05, 0) is 49.9 Å². The lowest BCUT2D eigenvalue weighted by molar-refractivity contribution is 0.143. The summed E-state index contributed by atoms with van der Waals surface area (Å²) >= 11 is 0. The van der Waals surface area contributed by atoms with Gasteiger partial charge < -0.3 is 15.0 Å². The van der Waals surface area contributed by atoms with Gasteiger partial charge in [0.1, 0.15) is 0 Å². The van der Waals surface area contributed by atoms with Crippen LogP contribution in [0.2, 0.25) is 0 Å². The summed E-state index contributed by atoms with van der Waals surface area (Å²) in [7, 11) is 3.83. The Morgan fingerprint density at radius 2 is 2.10 bits per heavy atom. The monoisotopic (exact) mass is 276 g/mol. The Morgan fingerprint density at radius 1 is 1.35 bits per heavy atom. The van der Waals surface area contributed by atoms with Gasteiger partial charge in [-0.25, -0.2) is 0 Å². The van der Waals surface area contributed by atoms with Gasteiger partial charge in [0.2, 0.25) is 0 Å². The molecule has 0 radical (unpaired) electrons. The highest BCUT2D eigenvalue weighted by Crippen LogP contribution is 2.25. The van der Waals surface area contributed by atoms with Gasteiger partial charge >= 0.3 is 0 Å². The van der Waals surface area contributed by atoms with Crippen LogP contribution in [-0.2, 0) is 4.74 Å². The first-order valence-corrected chi connectivity index (χ1v) is 7.79. The lowest BCUT2D eigenvalue weighted by Crippen LogP contribution is -2.37. The minimum absolute atomic E-state index is 0.464. The van der Waals surface area contributed by atoms with Crippen LogP contribution < -0.4 is 10.2 Å². The van der Waals surface area contributed by atoms with Gasteiger partial charge in [-0.15, -0.1) is 0 Å². The van der Waals surface area contributed by atoms with Crippen molar-refractivity contribution >= 4 is 5.69 Å². The zero-order chi connectivity index (χ0) is 14.4. The van der Waals surface area contributed by atoms with Crippen molar-refractivity contribution in [3.63, 3.8) is 0 Å². The van der Waals surface area contributed by atoms with Crippen LogP contribution in [0.25, 0.3) is 0 Å². The molecule has 20 heavy (non-hydrogen) atoms. The largest absolute Gasteiger partial charge is 0.384 e. The van der Waals surface area contributed by atoms with Crippen LogP contribution in [0.15, 0.2) is 24.3 Å². The second-order valence-corrected chi connectivity index (χ2v) is 5.75. The van der Waals surface area contributed by atoms with Crippen molar-refractivity contribution in [3.8, 4) is 0 Å². The molecule has 1 aliphatic rings. The Kier molecular flexibility index (Phi) is 5.86. The Bertz CT molecular complexity index is 384. The molecule has 1 aliphatic heterocycles. The van der Waals surface area contributed by atoms with Gasteiger partial charge in [-0.3, -0.25) is 0 Å². The quantitative estimate of drug-likeness (QED) is 0.863. The lowest BCUT2D eigenvalue weighted by Gasteiger charge is -2.34. The molecule has 3 heteroatoms. The first kappa shape index (κ1) is 15.3. The molecule has 0 saturated carbocycles. The molecule has 0 bridgehead atoms. The summed E-state index contributed by atoms with van der Waals surface area (Å²) in [5, 5.41) is 3.36. The zero-order valence-corrected chi connectivity index (χ0v) is 13.1. The van der Waals surface area contributed by atoms with Crippen LogP contribution in [0.3, 0.4) is 0 Å². The van der Waals surface area contributed by atoms with Gasteiger partial charge in [0.15, 0.2) is 0 Å². The second-order valence-electron chi connectivity index (χ2n) is 5.75. The second kappa shape index (κ2) is 7.65. The van der Waals surface area contributed by atoms with Crippen LogP contribution in [0.5, 0.6) is 0 Å². The van der Waals surface area contributed by atoms with E-state index in [-0.39, 0.29) is 0 Å². The molecule has 0 aliphatic carbocycles. The predicted octanol–water partition coefficient (Wildman–Crippen LogP) is 3.22. The van der Waals surface area contributed by atoms with Crippen LogP contribution in [0, 0.1) is 5.92 Å². The van der Waals surface area contributed by atoms with Crippen LogP contribution >= 0.6 is 0 Å². The summed E-state index contributed by atoms with van der Waals surface area (Å²) in [5.41, 5.74) is 2.73. The van der Waals surface area contributed by atoms with Crippen molar-refractivity contribution in [2.75, 3.05) is 38.8 Å². The minimum Gasteiger partial charge on any atom is -0.384 e. The molecule has 2 rings (SSSR count). The maximum atomic E-state index is 5.31. The van der Waals surface area contributed by atoms with Crippen molar-refractivity contribution in [3.05, 3.63) is 29.8 Å². The fourth-order valence-electron chi connectivity index (χ4n) is 3.20. The minimum atomic E-state index is 0.464. The van der Waals surface area contributed by atoms with Crippen LogP contribution in [-0.4, -0.2) is 33.9 Å². The van der Waals surface area contributed by atoms with E-state index in [0.717, 1.165) is 19.6 Å². The fraction of sp³-hybridized carbons (Fsp3) is 0.647. The summed E-state index contributed by atoms with van der Waals surface area (Å²) in [6.45, 7) is 5.39. The zero-order valence-electron chi connectivity index (χ0n) is 13.1. The third-order valence-corrected chi connectivity index (χ3v) is 4.34. The van der Waals surface area contributed by atoms with E-state index in [0.29, 0.717) is 12.0 Å². The molecule has 1 heterocycles. The van der Waals surface area contributed by atoms with Crippen molar-refractivity contribution < 1.29 is 4.74 Å². The molecule has 1 saturated heterocycles. The standard InChI is InChI=1S/C17H28N2O/c1-4-17(18-2)15-7-9-16(10-8-15)19-11-5-6-14(12-19)13-20-3/h7-10,14,17-18H,4-6,11-13H2,1-3H3. The number of rotatable bonds is 6. The third kappa shape index (κ3) is 3.74. The summed E-state index contributed by atoms with van der Waals surface area (Å²) in [5.74, 6) is 0.675. The number of nitrogens with zero attached hydrogens (tertiary/aromatic N) is 1. The molecule has 1 aromatic rings. The average molecular weight is 276 g/mol. The highest BCUT2D eigenvalue weighted by atomic mass is 16.5. The normalized spacial score (nSPS) is 20.9. The van der Waals surface area contributed by atoms with Gasteiger partial charge in [0, 0.05) is 31.9 Å². The molecule has 1 N–H and O–H groups in total. The number of ether oxygens (including phenoxy) is 1. The highest BCUT2D eigenvalue weighted by molar-refractivity contribution is 5.48. The maximum Gasteiger partial charge on any atom is 0.0507 e. The van der Waals surface area contributed by atoms with E-state index < -0.39 is 0 Å². The van der Waals surface area contributed by atoms with E-state index >= 15 is 0 Å². The molecule has 112 valence electrons. The number of anilines is 1. The van der Waals surface area contributed by atoms with Crippen LogP contribution in [0.4, 0.5) is 5.69 Å². The number of piperidine rings is 1. The van der Waals surface area contributed by atoms with Crippen molar-refractivity contribution in [2.45, 2.75) is 32.2 Å². The van der Waals surface area contributed by atoms with Crippen molar-refractivity contribution in [2.24, 2.45) is 5.92 Å². The van der Waals surface area contributed by atoms with Gasteiger partial charge in [0.25, 0.3) is 0 Å². The highest BCUT2D eigenvalue weighted by Gasteiger charge is 2.20. The summed E-state index contributed by atoms with van der Waals surface area (Å²) in [6.07, 6.45) is 3.68. The number of benzene rings is 1. The smallest absolute Gasteiger partial charge is 0.0507 e. The Labute approximate surface area is 123 Å². The number of methoxy groups -OCH3 is 1. The fourth-order valence-corrected chi connectivity index (χ4v) is 3.20. The number of hydrogen-bond acceptors (Lipinski definition) is 3. The maximum absolute atomic E-state index is 5.31. The average Bonchev–Trinajstić information content (AvgIpc) is 2.50. The molecule has 1 aromatic carbocycles. The van der Waals surface area contributed by atoms with Gasteiger partial charge in [-0.2, -0.15) is 0 Å². The molecule has 3 nitrogen and oxygen atoms in total. The van der Waals surface area contributed by atoms with Crippen LogP contribution in [0.1, 0.15) is 37.8 Å².